The number of nitrogens with zero attached hydrogens (tertiary/aromatic N) is 2. The quantitative estimate of drug-likeness (QED) is 0.489. The number of methoxy groups -OCH3 is 1. The number of hydrogen-bond acceptors (Lipinski definition) is 6. The van der Waals surface area contributed by atoms with Gasteiger partial charge in [-0.3, -0.25) is 14.2 Å². The fourth-order valence-corrected chi connectivity index (χ4v) is 3.76. The number of fused-ring (bicyclic) bond motifs is 2. The van der Waals surface area contributed by atoms with Gasteiger partial charge in [-0.05, 0) is 48.5 Å². The van der Waals surface area contributed by atoms with Crippen molar-refractivity contribution >= 4 is 22.6 Å². The molecular formula is C25H21N3O5. The van der Waals surface area contributed by atoms with Crippen molar-refractivity contribution in [2.75, 3.05) is 19.2 Å². The zero-order valence-electron chi connectivity index (χ0n) is 17.9. The van der Waals surface area contributed by atoms with Crippen molar-refractivity contribution in [1.82, 2.24) is 9.55 Å². The van der Waals surface area contributed by atoms with Crippen LogP contribution in [0.4, 0.5) is 5.69 Å². The summed E-state index contributed by atoms with van der Waals surface area (Å²) in [4.78, 5) is 30.4. The van der Waals surface area contributed by atoms with Gasteiger partial charge >= 0.3 is 0 Å². The van der Waals surface area contributed by atoms with Crippen LogP contribution in [-0.4, -0.2) is 29.4 Å². The van der Waals surface area contributed by atoms with Crippen LogP contribution in [0.2, 0.25) is 0 Å². The maximum absolute atomic E-state index is 13.3. The first-order valence-electron chi connectivity index (χ1n) is 10.5. The molecule has 0 fully saturated rings. The number of ether oxygens (including phenoxy) is 3. The van der Waals surface area contributed by atoms with Crippen molar-refractivity contribution in [3.8, 4) is 22.9 Å². The molecule has 1 aromatic heterocycles. The lowest BCUT2D eigenvalue weighted by atomic mass is 10.2. The Morgan fingerprint density at radius 3 is 2.67 bits per heavy atom. The molecule has 33 heavy (non-hydrogen) atoms. The summed E-state index contributed by atoms with van der Waals surface area (Å²) in [6.07, 6.45) is 0.313. The van der Waals surface area contributed by atoms with Crippen LogP contribution in [0.1, 0.15) is 12.1 Å². The van der Waals surface area contributed by atoms with Crippen LogP contribution in [0.3, 0.4) is 0 Å². The van der Waals surface area contributed by atoms with Crippen LogP contribution in [0, 0.1) is 0 Å². The van der Waals surface area contributed by atoms with Gasteiger partial charge in [0.2, 0.25) is 12.7 Å². The summed E-state index contributed by atoms with van der Waals surface area (Å²) in [6, 6.07) is 19.9. The normalized spacial score (nSPS) is 12.0. The molecule has 8 heteroatoms. The van der Waals surface area contributed by atoms with Crippen LogP contribution in [-0.2, 0) is 11.2 Å². The molecule has 0 spiro atoms. The second-order valence-electron chi connectivity index (χ2n) is 7.50. The summed E-state index contributed by atoms with van der Waals surface area (Å²) < 4.78 is 17.5. The molecule has 0 bridgehead atoms. The number of rotatable bonds is 6. The second kappa shape index (κ2) is 8.66. The van der Waals surface area contributed by atoms with Crippen molar-refractivity contribution in [1.29, 1.82) is 0 Å². The van der Waals surface area contributed by atoms with E-state index in [9.17, 15) is 9.59 Å². The lowest BCUT2D eigenvalue weighted by Crippen LogP contribution is -2.25. The number of benzene rings is 3. The molecular weight excluding hydrogens is 422 g/mol. The second-order valence-corrected chi connectivity index (χ2v) is 7.50. The Morgan fingerprint density at radius 1 is 1.06 bits per heavy atom. The zero-order valence-corrected chi connectivity index (χ0v) is 17.9. The summed E-state index contributed by atoms with van der Waals surface area (Å²) in [6.45, 7) is 0.167. The van der Waals surface area contributed by atoms with Gasteiger partial charge in [0.15, 0.2) is 11.5 Å². The van der Waals surface area contributed by atoms with Crippen LogP contribution in [0.25, 0.3) is 16.7 Å². The van der Waals surface area contributed by atoms with Gasteiger partial charge in [-0.15, -0.1) is 0 Å². The fraction of sp³-hybridized carbons (Fsp3) is 0.160. The molecule has 0 atom stereocenters. The van der Waals surface area contributed by atoms with E-state index in [1.54, 1.807) is 42.0 Å². The molecule has 166 valence electrons. The largest absolute Gasteiger partial charge is 0.497 e. The van der Waals surface area contributed by atoms with Crippen LogP contribution >= 0.6 is 0 Å². The Balaban J connectivity index is 1.40. The predicted molar refractivity (Wildman–Crippen MR) is 123 cm³/mol. The van der Waals surface area contributed by atoms with Crippen LogP contribution in [0.15, 0.2) is 71.5 Å². The van der Waals surface area contributed by atoms with Crippen molar-refractivity contribution < 1.29 is 19.0 Å². The Kier molecular flexibility index (Phi) is 5.40. The maximum atomic E-state index is 13.3. The van der Waals surface area contributed by atoms with Crippen LogP contribution < -0.4 is 25.1 Å². The molecule has 0 radical (unpaired) electrons. The number of aromatic nitrogens is 2. The Labute approximate surface area is 189 Å². The summed E-state index contributed by atoms with van der Waals surface area (Å²) in [7, 11) is 1.59. The number of nitrogens with one attached hydrogen (secondary N) is 1. The molecule has 3 aromatic carbocycles. The van der Waals surface area contributed by atoms with Crippen molar-refractivity contribution in [3.63, 3.8) is 0 Å². The number of amides is 1. The van der Waals surface area contributed by atoms with E-state index in [1.807, 2.05) is 36.4 Å². The molecule has 1 aliphatic rings. The Hall–Kier alpha value is -4.33. The first kappa shape index (κ1) is 20.6. The number of carbonyl (C=O) groups excluding carboxylic acids is 1. The van der Waals surface area contributed by atoms with E-state index >= 15 is 0 Å². The molecule has 2 heterocycles. The molecule has 1 amide bonds. The van der Waals surface area contributed by atoms with Gasteiger partial charge in [-0.2, -0.15) is 0 Å². The third-order valence-electron chi connectivity index (χ3n) is 5.40. The topological polar surface area (TPSA) is 91.7 Å². The average molecular weight is 443 g/mol. The molecule has 8 nitrogen and oxygen atoms in total. The van der Waals surface area contributed by atoms with E-state index in [-0.39, 0.29) is 31.1 Å². The smallest absolute Gasteiger partial charge is 0.277 e. The van der Waals surface area contributed by atoms with E-state index in [0.29, 0.717) is 45.4 Å². The van der Waals surface area contributed by atoms with Gasteiger partial charge in [0, 0.05) is 30.3 Å². The number of carbonyl (C=O) groups is 1. The number of para-hydroxylation sites is 2. The van der Waals surface area contributed by atoms with Crippen molar-refractivity contribution in [3.05, 3.63) is 82.8 Å². The minimum Gasteiger partial charge on any atom is -0.497 e. The van der Waals surface area contributed by atoms with Crippen LogP contribution in [0.5, 0.6) is 17.2 Å². The van der Waals surface area contributed by atoms with Crippen molar-refractivity contribution in [2.24, 2.45) is 0 Å². The summed E-state index contributed by atoms with van der Waals surface area (Å²) >= 11 is 0. The molecule has 1 aliphatic heterocycles. The van der Waals surface area contributed by atoms with E-state index in [0.717, 1.165) is 0 Å². The van der Waals surface area contributed by atoms with Gasteiger partial charge in [-0.1, -0.05) is 12.1 Å². The van der Waals surface area contributed by atoms with Crippen molar-refractivity contribution in [2.45, 2.75) is 12.8 Å². The summed E-state index contributed by atoms with van der Waals surface area (Å²) in [5, 5.41) is 2.83. The molecule has 0 saturated carbocycles. The highest BCUT2D eigenvalue weighted by molar-refractivity contribution is 5.91. The summed E-state index contributed by atoms with van der Waals surface area (Å²) in [5.41, 5.74) is 2.75. The highest BCUT2D eigenvalue weighted by Gasteiger charge is 2.16. The molecule has 0 saturated heterocycles. The number of aryl methyl sites for hydroxylation is 1. The monoisotopic (exact) mass is 443 g/mol. The van der Waals surface area contributed by atoms with Gasteiger partial charge in [0.1, 0.15) is 11.4 Å². The first-order chi connectivity index (χ1) is 16.1. The molecule has 0 unspecified atom stereocenters. The number of hydrogen-bond donors (Lipinski definition) is 1. The lowest BCUT2D eigenvalue weighted by Gasteiger charge is -2.13. The minimum atomic E-state index is -0.255. The van der Waals surface area contributed by atoms with E-state index < -0.39 is 0 Å². The van der Waals surface area contributed by atoms with Gasteiger partial charge in [-0.25, -0.2) is 4.98 Å². The maximum Gasteiger partial charge on any atom is 0.277 e. The molecule has 4 aromatic rings. The van der Waals surface area contributed by atoms with E-state index in [4.69, 9.17) is 14.2 Å². The SMILES string of the molecule is COc1ccc(-n2c(=O)c(CCC(=O)Nc3ccc4c(c3)OCO4)nc3ccccc32)cc1. The highest BCUT2D eigenvalue weighted by Crippen LogP contribution is 2.34. The molecule has 5 rings (SSSR count). The standard InChI is InChI=1S/C25H21N3O5/c1-31-18-9-7-17(8-10-18)28-21-5-3-2-4-19(21)27-20(25(28)30)11-13-24(29)26-16-6-12-22-23(14-16)33-15-32-22/h2-10,12,14H,11,13,15H2,1H3,(H,26,29). The third-order valence-corrected chi connectivity index (χ3v) is 5.40. The van der Waals surface area contributed by atoms with Gasteiger partial charge in [0.05, 0.1) is 18.1 Å². The minimum absolute atomic E-state index is 0.109. The first-order valence-corrected chi connectivity index (χ1v) is 10.5. The highest BCUT2D eigenvalue weighted by atomic mass is 16.7. The van der Waals surface area contributed by atoms with Gasteiger partial charge < -0.3 is 19.5 Å². The Morgan fingerprint density at radius 2 is 1.85 bits per heavy atom. The predicted octanol–water partition coefficient (Wildman–Crippen LogP) is 3.69. The zero-order chi connectivity index (χ0) is 22.8. The number of anilines is 1. The van der Waals surface area contributed by atoms with E-state index in [1.165, 1.54) is 0 Å². The van der Waals surface area contributed by atoms with Gasteiger partial charge in [0.25, 0.3) is 5.56 Å². The fourth-order valence-electron chi connectivity index (χ4n) is 3.76. The molecule has 1 N–H and O–H groups in total. The average Bonchev–Trinajstić information content (AvgIpc) is 3.31. The molecule has 0 aliphatic carbocycles. The van der Waals surface area contributed by atoms with E-state index in [2.05, 4.69) is 10.3 Å². The lowest BCUT2D eigenvalue weighted by molar-refractivity contribution is -0.116. The third kappa shape index (κ3) is 4.10. The summed E-state index contributed by atoms with van der Waals surface area (Å²) in [5.74, 6) is 1.71. The Bertz CT molecular complexity index is 1400.